The minimum Gasteiger partial charge on any atom is -0.507 e. The van der Waals surface area contributed by atoms with Gasteiger partial charge in [0, 0.05) is 5.56 Å². The van der Waals surface area contributed by atoms with Gasteiger partial charge in [-0.25, -0.2) is 0 Å². The quantitative estimate of drug-likeness (QED) is 0.779. The number of rotatable bonds is 4. The molecule has 5 heteroatoms. The molecule has 0 bridgehead atoms. The van der Waals surface area contributed by atoms with Gasteiger partial charge in [-0.15, -0.1) is 0 Å². The molecule has 0 aliphatic rings. The Hall–Kier alpha value is -0.780. The maximum Gasteiger partial charge on any atom is 0.142 e. The Morgan fingerprint density at radius 1 is 1.53 bits per heavy atom. The van der Waals surface area contributed by atoms with Crippen LogP contribution >= 0.6 is 15.9 Å². The van der Waals surface area contributed by atoms with E-state index < -0.39 is 6.10 Å². The molecule has 1 aromatic rings. The summed E-state index contributed by atoms with van der Waals surface area (Å²) in [6.07, 6.45) is -0.227. The van der Waals surface area contributed by atoms with Gasteiger partial charge in [0.2, 0.25) is 0 Å². The third kappa shape index (κ3) is 2.62. The first-order valence-electron chi connectivity index (χ1n) is 4.55. The van der Waals surface area contributed by atoms with Gasteiger partial charge in [0.05, 0.1) is 13.2 Å². The Morgan fingerprint density at radius 3 is 2.73 bits per heavy atom. The zero-order chi connectivity index (χ0) is 11.4. The number of ether oxygens (including phenoxy) is 1. The smallest absolute Gasteiger partial charge is 0.142 e. The number of methoxy groups -OCH3 is 1. The fraction of sp³-hybridized carbons (Fsp3) is 0.400. The summed E-state index contributed by atoms with van der Waals surface area (Å²) in [6.45, 7) is 0.392. The summed E-state index contributed by atoms with van der Waals surface area (Å²) in [6, 6.07) is 3.13. The normalized spacial score (nSPS) is 12.5. The standard InChI is InChI=1S/C10H14BrNO3/c1-15-10-6(7(13)4-5-12)2-3-8(14)9(10)11/h2-3,7,13-14H,4-5,12H2,1H3. The van der Waals surface area contributed by atoms with E-state index in [4.69, 9.17) is 10.5 Å². The number of aliphatic hydroxyl groups excluding tert-OH is 1. The van der Waals surface area contributed by atoms with Gasteiger partial charge in [0.25, 0.3) is 0 Å². The van der Waals surface area contributed by atoms with Gasteiger partial charge in [-0.05, 0) is 41.0 Å². The predicted octanol–water partition coefficient (Wildman–Crippen LogP) is 1.55. The number of aliphatic hydroxyl groups is 1. The molecular weight excluding hydrogens is 262 g/mol. The first-order valence-corrected chi connectivity index (χ1v) is 5.34. The van der Waals surface area contributed by atoms with Crippen molar-refractivity contribution >= 4 is 15.9 Å². The monoisotopic (exact) mass is 275 g/mol. The molecule has 0 saturated carbocycles. The molecule has 4 nitrogen and oxygen atoms in total. The number of phenolic OH excluding ortho intramolecular Hbond substituents is 1. The van der Waals surface area contributed by atoms with Crippen molar-refractivity contribution in [2.75, 3.05) is 13.7 Å². The van der Waals surface area contributed by atoms with Crippen LogP contribution in [0.5, 0.6) is 11.5 Å². The molecule has 0 fully saturated rings. The topological polar surface area (TPSA) is 75.7 Å². The molecular formula is C10H14BrNO3. The number of phenols is 1. The van der Waals surface area contributed by atoms with Crippen molar-refractivity contribution in [1.29, 1.82) is 0 Å². The highest BCUT2D eigenvalue weighted by atomic mass is 79.9. The van der Waals surface area contributed by atoms with E-state index in [-0.39, 0.29) is 5.75 Å². The summed E-state index contributed by atoms with van der Waals surface area (Å²) in [5.41, 5.74) is 5.98. The number of benzene rings is 1. The van der Waals surface area contributed by atoms with Gasteiger partial charge < -0.3 is 20.7 Å². The molecule has 0 aliphatic heterocycles. The third-order valence-corrected chi connectivity index (χ3v) is 2.88. The van der Waals surface area contributed by atoms with E-state index in [9.17, 15) is 10.2 Å². The highest BCUT2D eigenvalue weighted by Gasteiger charge is 2.17. The van der Waals surface area contributed by atoms with Crippen LogP contribution in [0.15, 0.2) is 16.6 Å². The third-order valence-electron chi connectivity index (χ3n) is 2.11. The average Bonchev–Trinajstić information content (AvgIpc) is 2.22. The Morgan fingerprint density at radius 2 is 2.20 bits per heavy atom. The van der Waals surface area contributed by atoms with Crippen LogP contribution in [0.4, 0.5) is 0 Å². The molecule has 84 valence electrons. The largest absolute Gasteiger partial charge is 0.507 e. The minimum atomic E-state index is -0.679. The van der Waals surface area contributed by atoms with Crippen LogP contribution in [0.1, 0.15) is 18.1 Å². The molecule has 0 aliphatic carbocycles. The fourth-order valence-corrected chi connectivity index (χ4v) is 1.87. The Bertz CT molecular complexity index is 344. The summed E-state index contributed by atoms with van der Waals surface area (Å²) < 4.78 is 5.56. The van der Waals surface area contributed by atoms with Crippen molar-refractivity contribution in [2.24, 2.45) is 5.73 Å². The van der Waals surface area contributed by atoms with E-state index in [2.05, 4.69) is 15.9 Å². The zero-order valence-electron chi connectivity index (χ0n) is 8.40. The van der Waals surface area contributed by atoms with E-state index in [1.807, 2.05) is 0 Å². The van der Waals surface area contributed by atoms with Gasteiger partial charge in [-0.3, -0.25) is 0 Å². The SMILES string of the molecule is COc1c(C(O)CCN)ccc(O)c1Br. The van der Waals surface area contributed by atoms with Gasteiger partial charge in [-0.2, -0.15) is 0 Å². The summed E-state index contributed by atoms with van der Waals surface area (Å²) in [5.74, 6) is 0.520. The van der Waals surface area contributed by atoms with Gasteiger partial charge in [0.1, 0.15) is 16.0 Å². The lowest BCUT2D eigenvalue weighted by Gasteiger charge is -2.15. The molecule has 0 spiro atoms. The van der Waals surface area contributed by atoms with Gasteiger partial charge >= 0.3 is 0 Å². The minimum absolute atomic E-state index is 0.0792. The van der Waals surface area contributed by atoms with Crippen LogP contribution in [-0.2, 0) is 0 Å². The van der Waals surface area contributed by atoms with Gasteiger partial charge in [0.15, 0.2) is 0 Å². The lowest BCUT2D eigenvalue weighted by molar-refractivity contribution is 0.166. The molecule has 15 heavy (non-hydrogen) atoms. The fourth-order valence-electron chi connectivity index (χ4n) is 1.34. The highest BCUT2D eigenvalue weighted by Crippen LogP contribution is 2.39. The second-order valence-corrected chi connectivity index (χ2v) is 3.91. The molecule has 1 rings (SSSR count). The average molecular weight is 276 g/mol. The van der Waals surface area contributed by atoms with E-state index in [1.54, 1.807) is 6.07 Å². The molecule has 0 aromatic heterocycles. The van der Waals surface area contributed by atoms with Crippen molar-refractivity contribution in [1.82, 2.24) is 0 Å². The van der Waals surface area contributed by atoms with Gasteiger partial charge in [-0.1, -0.05) is 0 Å². The first-order chi connectivity index (χ1) is 7.11. The second kappa shape index (κ2) is 5.34. The second-order valence-electron chi connectivity index (χ2n) is 3.11. The maximum atomic E-state index is 9.79. The summed E-state index contributed by atoms with van der Waals surface area (Å²) in [7, 11) is 1.48. The first kappa shape index (κ1) is 12.3. The number of hydrogen-bond donors (Lipinski definition) is 3. The van der Waals surface area contributed by atoms with Crippen molar-refractivity contribution in [3.63, 3.8) is 0 Å². The van der Waals surface area contributed by atoms with Crippen LogP contribution < -0.4 is 10.5 Å². The molecule has 0 saturated heterocycles. The molecule has 0 radical (unpaired) electrons. The maximum absolute atomic E-state index is 9.79. The molecule has 0 amide bonds. The number of halogens is 1. The predicted molar refractivity (Wildman–Crippen MR) is 61.0 cm³/mol. The van der Waals surface area contributed by atoms with E-state index in [1.165, 1.54) is 13.2 Å². The lowest BCUT2D eigenvalue weighted by Crippen LogP contribution is -2.08. The molecule has 1 unspecified atom stereocenters. The lowest BCUT2D eigenvalue weighted by atomic mass is 10.1. The van der Waals surface area contributed by atoms with E-state index in [0.717, 1.165) is 0 Å². The van der Waals surface area contributed by atoms with E-state index in [0.29, 0.717) is 28.8 Å². The molecule has 1 atom stereocenters. The summed E-state index contributed by atoms with van der Waals surface area (Å²) in [4.78, 5) is 0. The number of hydrogen-bond acceptors (Lipinski definition) is 4. The summed E-state index contributed by atoms with van der Waals surface area (Å²) >= 11 is 3.19. The Labute approximate surface area is 96.8 Å². The Kier molecular flexibility index (Phi) is 4.38. The van der Waals surface area contributed by atoms with Crippen LogP contribution in [0, 0.1) is 0 Å². The zero-order valence-corrected chi connectivity index (χ0v) is 9.99. The number of aromatic hydroxyl groups is 1. The summed E-state index contributed by atoms with van der Waals surface area (Å²) in [5, 5.41) is 19.2. The van der Waals surface area contributed by atoms with Crippen LogP contribution in [0.2, 0.25) is 0 Å². The van der Waals surface area contributed by atoms with Crippen molar-refractivity contribution in [3.8, 4) is 11.5 Å². The van der Waals surface area contributed by atoms with Crippen LogP contribution in [-0.4, -0.2) is 23.9 Å². The molecule has 4 N–H and O–H groups in total. The van der Waals surface area contributed by atoms with Crippen LogP contribution in [0.3, 0.4) is 0 Å². The molecule has 0 heterocycles. The van der Waals surface area contributed by atoms with Crippen molar-refractivity contribution in [2.45, 2.75) is 12.5 Å². The Balaban J connectivity index is 3.12. The molecule has 1 aromatic carbocycles. The van der Waals surface area contributed by atoms with Crippen molar-refractivity contribution in [3.05, 3.63) is 22.2 Å². The van der Waals surface area contributed by atoms with E-state index >= 15 is 0 Å². The number of nitrogens with two attached hydrogens (primary N) is 1. The van der Waals surface area contributed by atoms with Crippen molar-refractivity contribution < 1.29 is 14.9 Å². The highest BCUT2D eigenvalue weighted by molar-refractivity contribution is 9.10. The van der Waals surface area contributed by atoms with Crippen LogP contribution in [0.25, 0.3) is 0 Å².